The molecule has 1 aromatic heterocycles. The Balaban J connectivity index is 1.29. The molecule has 0 radical (unpaired) electrons. The van der Waals surface area contributed by atoms with Gasteiger partial charge in [0.2, 0.25) is 11.8 Å². The van der Waals surface area contributed by atoms with Gasteiger partial charge in [0.1, 0.15) is 0 Å². The number of hydrogen-bond acceptors (Lipinski definition) is 5. The van der Waals surface area contributed by atoms with Crippen molar-refractivity contribution in [2.45, 2.75) is 17.2 Å². The molecule has 2 N–H and O–H groups in total. The number of aromatic nitrogens is 1. The van der Waals surface area contributed by atoms with Gasteiger partial charge in [-0.2, -0.15) is 0 Å². The molecule has 2 aromatic carbocycles. The summed E-state index contributed by atoms with van der Waals surface area (Å²) in [5.41, 5.74) is 2.43. The van der Waals surface area contributed by atoms with Crippen molar-refractivity contribution in [2.75, 3.05) is 16.4 Å². The Morgan fingerprint density at radius 3 is 2.42 bits per heavy atom. The second kappa shape index (κ2) is 7.47. The summed E-state index contributed by atoms with van der Waals surface area (Å²) < 4.78 is 2.01. The van der Waals surface area contributed by atoms with E-state index in [9.17, 15) is 9.59 Å². The van der Waals surface area contributed by atoms with Gasteiger partial charge in [-0.25, -0.2) is 4.98 Å². The molecule has 0 unspecified atom stereocenters. The van der Waals surface area contributed by atoms with Crippen molar-refractivity contribution < 1.29 is 9.59 Å². The van der Waals surface area contributed by atoms with Crippen molar-refractivity contribution in [3.63, 3.8) is 0 Å². The van der Waals surface area contributed by atoms with E-state index < -0.39 is 0 Å². The molecule has 26 heavy (non-hydrogen) atoms. The minimum atomic E-state index is -0.0796. The summed E-state index contributed by atoms with van der Waals surface area (Å²) in [4.78, 5) is 28.4. The summed E-state index contributed by atoms with van der Waals surface area (Å²) >= 11 is 3.03. The number of carbonyl (C=O) groups excluding carboxylic acids is 2. The Morgan fingerprint density at radius 1 is 1.04 bits per heavy atom. The quantitative estimate of drug-likeness (QED) is 0.620. The third-order valence-corrected chi connectivity index (χ3v) is 6.16. The number of hydrogen-bond donors (Lipinski definition) is 2. The zero-order valence-electron chi connectivity index (χ0n) is 13.9. The first-order chi connectivity index (χ1) is 12.7. The second-order valence-corrected chi connectivity index (χ2v) is 8.38. The molecule has 2 amide bonds. The van der Waals surface area contributed by atoms with E-state index in [1.807, 2.05) is 24.3 Å². The number of rotatable bonds is 6. The maximum atomic E-state index is 12.1. The maximum absolute atomic E-state index is 12.1. The van der Waals surface area contributed by atoms with Gasteiger partial charge < -0.3 is 10.6 Å². The average Bonchev–Trinajstić information content (AvgIpc) is 3.41. The van der Waals surface area contributed by atoms with Crippen LogP contribution in [0.4, 0.5) is 11.4 Å². The smallest absolute Gasteiger partial charge is 0.234 e. The minimum Gasteiger partial charge on any atom is -0.326 e. The van der Waals surface area contributed by atoms with Gasteiger partial charge >= 0.3 is 0 Å². The molecule has 0 aliphatic heterocycles. The van der Waals surface area contributed by atoms with E-state index in [4.69, 9.17) is 0 Å². The number of carbonyl (C=O) groups is 2. The number of anilines is 2. The standard InChI is InChI=1S/C19H17N3O2S2/c23-17(11-25-19-22-15-3-1-2-4-16(15)26-19)20-13-7-9-14(10-8-13)21-18(24)12-5-6-12/h1-4,7-10,12H,5-6,11H2,(H,20,23)(H,21,24). The van der Waals surface area contributed by atoms with Gasteiger partial charge in [0, 0.05) is 17.3 Å². The largest absolute Gasteiger partial charge is 0.326 e. The highest BCUT2D eigenvalue weighted by Gasteiger charge is 2.29. The normalized spacial score (nSPS) is 13.5. The van der Waals surface area contributed by atoms with Crippen LogP contribution in [0.2, 0.25) is 0 Å². The molecule has 0 spiro atoms. The van der Waals surface area contributed by atoms with Crippen molar-refractivity contribution in [1.82, 2.24) is 4.98 Å². The monoisotopic (exact) mass is 383 g/mol. The number of nitrogens with one attached hydrogen (secondary N) is 2. The molecule has 3 aromatic rings. The Labute approximate surface area is 159 Å². The van der Waals surface area contributed by atoms with E-state index in [0.29, 0.717) is 11.4 Å². The second-order valence-electron chi connectivity index (χ2n) is 6.13. The molecular weight excluding hydrogens is 366 g/mol. The van der Waals surface area contributed by atoms with Gasteiger partial charge in [-0.15, -0.1) is 11.3 Å². The summed E-state index contributed by atoms with van der Waals surface area (Å²) in [5.74, 6) is 0.479. The first-order valence-corrected chi connectivity index (χ1v) is 10.2. The number of amides is 2. The van der Waals surface area contributed by atoms with Crippen molar-refractivity contribution >= 4 is 56.5 Å². The van der Waals surface area contributed by atoms with Crippen molar-refractivity contribution in [1.29, 1.82) is 0 Å². The molecular formula is C19H17N3O2S2. The molecule has 132 valence electrons. The molecule has 4 rings (SSSR count). The highest BCUT2D eigenvalue weighted by Crippen LogP contribution is 2.31. The summed E-state index contributed by atoms with van der Waals surface area (Å²) in [5, 5.41) is 5.75. The SMILES string of the molecule is O=C(CSc1nc2ccccc2s1)Nc1ccc(NC(=O)C2CC2)cc1. The van der Waals surface area contributed by atoms with Crippen LogP contribution in [0.1, 0.15) is 12.8 Å². The maximum Gasteiger partial charge on any atom is 0.234 e. The van der Waals surface area contributed by atoms with Gasteiger partial charge in [-0.1, -0.05) is 23.9 Å². The average molecular weight is 383 g/mol. The molecule has 0 atom stereocenters. The van der Waals surface area contributed by atoms with Crippen LogP contribution >= 0.6 is 23.1 Å². The summed E-state index contributed by atoms with van der Waals surface area (Å²) in [6.07, 6.45) is 1.96. The van der Waals surface area contributed by atoms with Gasteiger partial charge in [-0.3, -0.25) is 9.59 Å². The van der Waals surface area contributed by atoms with Crippen LogP contribution in [0.3, 0.4) is 0 Å². The Hall–Kier alpha value is -2.38. The first kappa shape index (κ1) is 17.1. The van der Waals surface area contributed by atoms with E-state index in [1.54, 1.807) is 35.6 Å². The minimum absolute atomic E-state index is 0.0778. The van der Waals surface area contributed by atoms with Crippen LogP contribution in [0.15, 0.2) is 52.9 Å². The number of benzene rings is 2. The van der Waals surface area contributed by atoms with Gasteiger partial charge in [0.15, 0.2) is 4.34 Å². The molecule has 1 fully saturated rings. The van der Waals surface area contributed by atoms with Crippen LogP contribution < -0.4 is 10.6 Å². The lowest BCUT2D eigenvalue weighted by molar-refractivity contribution is -0.117. The molecule has 1 aliphatic carbocycles. The van der Waals surface area contributed by atoms with E-state index in [2.05, 4.69) is 15.6 Å². The number of thiazole rings is 1. The fourth-order valence-corrected chi connectivity index (χ4v) is 4.33. The predicted octanol–water partition coefficient (Wildman–Crippen LogP) is 4.38. The summed E-state index contributed by atoms with van der Waals surface area (Å²) in [6, 6.07) is 15.1. The van der Waals surface area contributed by atoms with Crippen LogP contribution in [0.25, 0.3) is 10.2 Å². The van der Waals surface area contributed by atoms with Crippen LogP contribution in [-0.2, 0) is 9.59 Å². The Kier molecular flexibility index (Phi) is 4.90. The first-order valence-electron chi connectivity index (χ1n) is 8.36. The lowest BCUT2D eigenvalue weighted by Gasteiger charge is -2.07. The zero-order valence-corrected chi connectivity index (χ0v) is 15.5. The predicted molar refractivity (Wildman–Crippen MR) is 107 cm³/mol. The lowest BCUT2D eigenvalue weighted by atomic mass is 10.2. The fraction of sp³-hybridized carbons (Fsp3) is 0.211. The fourth-order valence-electron chi connectivity index (χ4n) is 2.46. The number of nitrogens with zero attached hydrogens (tertiary/aromatic N) is 1. The van der Waals surface area contributed by atoms with E-state index >= 15 is 0 Å². The van der Waals surface area contributed by atoms with E-state index in [1.165, 1.54) is 11.8 Å². The van der Waals surface area contributed by atoms with Crippen molar-refractivity contribution in [3.05, 3.63) is 48.5 Å². The van der Waals surface area contributed by atoms with Gasteiger partial charge in [-0.05, 0) is 49.2 Å². The van der Waals surface area contributed by atoms with E-state index in [-0.39, 0.29) is 17.7 Å². The van der Waals surface area contributed by atoms with Crippen molar-refractivity contribution in [2.24, 2.45) is 5.92 Å². The highest BCUT2D eigenvalue weighted by molar-refractivity contribution is 8.01. The zero-order chi connectivity index (χ0) is 17.9. The number of para-hydroxylation sites is 1. The third kappa shape index (κ3) is 4.23. The highest BCUT2D eigenvalue weighted by atomic mass is 32.2. The molecule has 1 heterocycles. The molecule has 0 saturated heterocycles. The van der Waals surface area contributed by atoms with Crippen LogP contribution in [0, 0.1) is 5.92 Å². The lowest BCUT2D eigenvalue weighted by Crippen LogP contribution is -2.15. The molecule has 1 aliphatic rings. The molecule has 1 saturated carbocycles. The number of thioether (sulfide) groups is 1. The van der Waals surface area contributed by atoms with Gasteiger partial charge in [0.05, 0.1) is 16.0 Å². The van der Waals surface area contributed by atoms with Gasteiger partial charge in [0.25, 0.3) is 0 Å². The van der Waals surface area contributed by atoms with Crippen LogP contribution in [0.5, 0.6) is 0 Å². The molecule has 0 bridgehead atoms. The third-order valence-electron chi connectivity index (χ3n) is 3.99. The van der Waals surface area contributed by atoms with Crippen LogP contribution in [-0.4, -0.2) is 22.6 Å². The van der Waals surface area contributed by atoms with Crippen molar-refractivity contribution in [3.8, 4) is 0 Å². The number of fused-ring (bicyclic) bond motifs is 1. The topological polar surface area (TPSA) is 71.1 Å². The Bertz CT molecular complexity index is 916. The molecule has 5 nitrogen and oxygen atoms in total. The molecule has 7 heteroatoms. The summed E-state index contributed by atoms with van der Waals surface area (Å²) in [6.45, 7) is 0. The Morgan fingerprint density at radius 2 is 1.73 bits per heavy atom. The summed E-state index contributed by atoms with van der Waals surface area (Å²) in [7, 11) is 0. The van der Waals surface area contributed by atoms with E-state index in [0.717, 1.165) is 33.1 Å².